The third-order valence-electron chi connectivity index (χ3n) is 4.26. The lowest BCUT2D eigenvalue weighted by Crippen LogP contribution is -2.46. The fourth-order valence-electron chi connectivity index (χ4n) is 3.05. The van der Waals surface area contributed by atoms with Crippen molar-refractivity contribution in [2.45, 2.75) is 18.6 Å². The lowest BCUT2D eigenvalue weighted by molar-refractivity contribution is -0.148. The molecule has 1 aliphatic rings. The largest absolute Gasteiger partial charge is 0.457 e. The van der Waals surface area contributed by atoms with E-state index in [4.69, 9.17) is 4.74 Å². The number of ether oxygens (including phenoxy) is 1. The average Bonchev–Trinajstić information content (AvgIpc) is 2.61. The first-order chi connectivity index (χ1) is 12.0. The van der Waals surface area contributed by atoms with Gasteiger partial charge in [0.15, 0.2) is 0 Å². The van der Waals surface area contributed by atoms with E-state index in [1.807, 2.05) is 35.2 Å². The van der Waals surface area contributed by atoms with E-state index in [2.05, 4.69) is 5.32 Å². The van der Waals surface area contributed by atoms with Gasteiger partial charge in [-0.1, -0.05) is 30.3 Å². The van der Waals surface area contributed by atoms with E-state index in [0.717, 1.165) is 0 Å². The summed E-state index contributed by atoms with van der Waals surface area (Å²) in [5.74, 6) is 1.31. The van der Waals surface area contributed by atoms with Crippen LogP contribution >= 0.6 is 12.4 Å². The Bertz CT molecular complexity index is 659. The number of alkyl halides is 3. The number of para-hydroxylation sites is 1. The van der Waals surface area contributed by atoms with Crippen LogP contribution in [-0.4, -0.2) is 37.3 Å². The van der Waals surface area contributed by atoms with Crippen LogP contribution in [0.4, 0.5) is 13.2 Å². The minimum absolute atomic E-state index is 0. The summed E-state index contributed by atoms with van der Waals surface area (Å²) in [5, 5.41) is 3.18. The lowest BCUT2D eigenvalue weighted by Gasteiger charge is -2.35. The molecule has 0 unspecified atom stereocenters. The highest BCUT2D eigenvalue weighted by molar-refractivity contribution is 5.85. The molecule has 1 saturated heterocycles. The third-order valence-corrected chi connectivity index (χ3v) is 4.26. The zero-order valence-corrected chi connectivity index (χ0v) is 15.0. The van der Waals surface area contributed by atoms with Gasteiger partial charge < -0.3 is 10.1 Å². The number of rotatable bonds is 5. The van der Waals surface area contributed by atoms with E-state index in [9.17, 15) is 13.2 Å². The number of halogens is 4. The van der Waals surface area contributed by atoms with Crippen LogP contribution in [0.2, 0.25) is 0 Å². The molecular weight excluding hydrogens is 365 g/mol. The van der Waals surface area contributed by atoms with E-state index in [0.29, 0.717) is 43.2 Å². The molecule has 1 N–H and O–H groups in total. The first-order valence-electron chi connectivity index (χ1n) is 8.36. The highest BCUT2D eigenvalue weighted by Crippen LogP contribution is 2.35. The molecule has 0 spiro atoms. The van der Waals surface area contributed by atoms with Crippen LogP contribution in [0.3, 0.4) is 0 Å². The van der Waals surface area contributed by atoms with Crippen LogP contribution in [0.1, 0.15) is 18.0 Å². The van der Waals surface area contributed by atoms with Gasteiger partial charge in [-0.05, 0) is 29.8 Å². The van der Waals surface area contributed by atoms with Crippen LogP contribution in [0.5, 0.6) is 11.5 Å². The highest BCUT2D eigenvalue weighted by atomic mass is 35.5. The van der Waals surface area contributed by atoms with Crippen molar-refractivity contribution in [3.05, 3.63) is 60.2 Å². The average molecular weight is 387 g/mol. The number of nitrogens with zero attached hydrogens (tertiary/aromatic N) is 1. The number of nitrogens with one attached hydrogen (secondary N) is 1. The van der Waals surface area contributed by atoms with Crippen molar-refractivity contribution in [2.24, 2.45) is 0 Å². The summed E-state index contributed by atoms with van der Waals surface area (Å²) >= 11 is 0. The number of hydrogen-bond acceptors (Lipinski definition) is 3. The van der Waals surface area contributed by atoms with E-state index in [1.165, 1.54) is 0 Å². The Morgan fingerprint density at radius 3 is 2.08 bits per heavy atom. The highest BCUT2D eigenvalue weighted by Gasteiger charge is 2.35. The Morgan fingerprint density at radius 1 is 0.923 bits per heavy atom. The standard InChI is InChI=1S/C19H21F3N2O.ClH/c20-19(21,22)14-18(24-12-10-23-11-13-24)15-6-8-17(9-7-15)25-16-4-2-1-3-5-16;/h1-9,18,23H,10-14H2;1H/t18-;/m0./s1. The Hall–Kier alpha value is -1.76. The van der Waals surface area contributed by atoms with Gasteiger partial charge in [-0.2, -0.15) is 13.2 Å². The van der Waals surface area contributed by atoms with Crippen molar-refractivity contribution in [1.29, 1.82) is 0 Å². The minimum atomic E-state index is -4.20. The molecule has 2 aromatic carbocycles. The summed E-state index contributed by atoms with van der Waals surface area (Å²) in [7, 11) is 0. The molecule has 1 aliphatic heterocycles. The van der Waals surface area contributed by atoms with Gasteiger partial charge in [-0.25, -0.2) is 0 Å². The molecule has 7 heteroatoms. The monoisotopic (exact) mass is 386 g/mol. The minimum Gasteiger partial charge on any atom is -0.457 e. The molecular formula is C19H22ClF3N2O. The van der Waals surface area contributed by atoms with E-state index in [-0.39, 0.29) is 12.4 Å². The summed E-state index contributed by atoms with van der Waals surface area (Å²) in [5.41, 5.74) is 0.666. The molecule has 3 rings (SSSR count). The van der Waals surface area contributed by atoms with Gasteiger partial charge in [0, 0.05) is 32.2 Å². The molecule has 1 fully saturated rings. The SMILES string of the molecule is Cl.FC(F)(F)C[C@@H](c1ccc(Oc2ccccc2)cc1)N1CCNCC1. The van der Waals surface area contributed by atoms with Gasteiger partial charge >= 0.3 is 6.18 Å². The van der Waals surface area contributed by atoms with E-state index < -0.39 is 18.6 Å². The molecule has 0 aliphatic carbocycles. The van der Waals surface area contributed by atoms with Crippen LogP contribution < -0.4 is 10.1 Å². The molecule has 0 amide bonds. The summed E-state index contributed by atoms with van der Waals surface area (Å²) < 4.78 is 44.9. The Kier molecular flexibility index (Phi) is 7.32. The quantitative estimate of drug-likeness (QED) is 0.798. The number of benzene rings is 2. The van der Waals surface area contributed by atoms with Crippen molar-refractivity contribution < 1.29 is 17.9 Å². The van der Waals surface area contributed by atoms with Gasteiger partial charge in [0.05, 0.1) is 6.42 Å². The van der Waals surface area contributed by atoms with Crippen molar-refractivity contribution in [1.82, 2.24) is 10.2 Å². The molecule has 1 heterocycles. The fraction of sp³-hybridized carbons (Fsp3) is 0.368. The van der Waals surface area contributed by atoms with Crippen LogP contribution in [0, 0.1) is 0 Å². The fourth-order valence-corrected chi connectivity index (χ4v) is 3.05. The number of hydrogen-bond donors (Lipinski definition) is 1. The van der Waals surface area contributed by atoms with Crippen LogP contribution in [-0.2, 0) is 0 Å². The van der Waals surface area contributed by atoms with Gasteiger partial charge in [0.1, 0.15) is 11.5 Å². The molecule has 0 radical (unpaired) electrons. The molecule has 2 aromatic rings. The maximum Gasteiger partial charge on any atom is 0.390 e. The van der Waals surface area contributed by atoms with Crippen molar-refractivity contribution >= 4 is 12.4 Å². The maximum absolute atomic E-state index is 13.0. The zero-order chi connectivity index (χ0) is 17.7. The predicted octanol–water partition coefficient (Wildman–Crippen LogP) is 4.80. The molecule has 0 saturated carbocycles. The van der Waals surface area contributed by atoms with Crippen molar-refractivity contribution in [3.8, 4) is 11.5 Å². The second-order valence-corrected chi connectivity index (χ2v) is 6.11. The second-order valence-electron chi connectivity index (χ2n) is 6.11. The molecule has 142 valence electrons. The van der Waals surface area contributed by atoms with E-state index >= 15 is 0 Å². The maximum atomic E-state index is 13.0. The van der Waals surface area contributed by atoms with Crippen LogP contribution in [0.15, 0.2) is 54.6 Å². The summed E-state index contributed by atoms with van der Waals surface area (Å²) in [4.78, 5) is 1.90. The first kappa shape index (κ1) is 20.6. The summed E-state index contributed by atoms with van der Waals surface area (Å²) in [6.07, 6.45) is -5.04. The van der Waals surface area contributed by atoms with Crippen LogP contribution in [0.25, 0.3) is 0 Å². The van der Waals surface area contributed by atoms with Crippen molar-refractivity contribution in [2.75, 3.05) is 26.2 Å². The summed E-state index contributed by atoms with van der Waals surface area (Å²) in [6.45, 7) is 2.65. The smallest absolute Gasteiger partial charge is 0.390 e. The number of piperazine rings is 1. The van der Waals surface area contributed by atoms with Gasteiger partial charge in [-0.3, -0.25) is 4.90 Å². The Balaban J connectivity index is 0.00000243. The molecule has 1 atom stereocenters. The normalized spacial score (nSPS) is 16.6. The summed E-state index contributed by atoms with van der Waals surface area (Å²) in [6, 6.07) is 15.6. The molecule has 26 heavy (non-hydrogen) atoms. The predicted molar refractivity (Wildman–Crippen MR) is 98.1 cm³/mol. The van der Waals surface area contributed by atoms with Gasteiger partial charge in [0.2, 0.25) is 0 Å². The zero-order valence-electron chi connectivity index (χ0n) is 14.2. The third kappa shape index (κ3) is 5.90. The van der Waals surface area contributed by atoms with Crippen molar-refractivity contribution in [3.63, 3.8) is 0 Å². The molecule has 0 aromatic heterocycles. The molecule has 3 nitrogen and oxygen atoms in total. The lowest BCUT2D eigenvalue weighted by atomic mass is 10.0. The topological polar surface area (TPSA) is 24.5 Å². The van der Waals surface area contributed by atoms with Gasteiger partial charge in [-0.15, -0.1) is 12.4 Å². The Labute approximate surface area is 157 Å². The first-order valence-corrected chi connectivity index (χ1v) is 8.36. The van der Waals surface area contributed by atoms with E-state index in [1.54, 1.807) is 24.3 Å². The second kappa shape index (κ2) is 9.26. The molecule has 0 bridgehead atoms. The Morgan fingerprint density at radius 2 is 1.50 bits per heavy atom. The van der Waals surface area contributed by atoms with Gasteiger partial charge in [0.25, 0.3) is 0 Å².